The van der Waals surface area contributed by atoms with Crippen molar-refractivity contribution in [2.75, 3.05) is 5.32 Å². The molecule has 0 atom stereocenters. The molecule has 3 rings (SSSR count). The predicted molar refractivity (Wildman–Crippen MR) is 109 cm³/mol. The Hall–Kier alpha value is -3.21. The molecule has 3 aromatic rings. The van der Waals surface area contributed by atoms with Gasteiger partial charge in [0.05, 0.1) is 6.54 Å². The molecule has 2 aromatic carbocycles. The predicted octanol–water partition coefficient (Wildman–Crippen LogP) is 4.59. The largest absolute Gasteiger partial charge is 0.317 e. The van der Waals surface area contributed by atoms with Crippen LogP contribution in [0.3, 0.4) is 0 Å². The number of aromatic nitrogens is 1. The van der Waals surface area contributed by atoms with Crippen LogP contribution in [0.2, 0.25) is 0 Å². The maximum absolute atomic E-state index is 13.9. The Morgan fingerprint density at radius 2 is 1.68 bits per heavy atom. The molecule has 1 N–H and O–H groups in total. The van der Waals surface area contributed by atoms with Gasteiger partial charge in [-0.2, -0.15) is 0 Å². The molecule has 1 heterocycles. The van der Waals surface area contributed by atoms with Crippen LogP contribution >= 0.6 is 0 Å². The van der Waals surface area contributed by atoms with Crippen LogP contribution in [0.15, 0.2) is 71.7 Å². The Balaban J connectivity index is 1.80. The molecular weight excluding hydrogens is 355 g/mol. The standard InChI is InChI=1S/C23H23FN2O2/c1-23(2,3)18-12-10-16(11-13-18)21(27)25-20-9-6-14-26(22(20)28)15-17-7-4-5-8-19(17)24/h4-14H,15H2,1-3H3,(H,25,27). The van der Waals surface area contributed by atoms with E-state index in [0.717, 1.165) is 5.56 Å². The van der Waals surface area contributed by atoms with Gasteiger partial charge >= 0.3 is 0 Å². The number of pyridine rings is 1. The number of amides is 1. The minimum absolute atomic E-state index is 0.00508. The lowest BCUT2D eigenvalue weighted by atomic mass is 9.87. The molecule has 4 nitrogen and oxygen atoms in total. The molecular formula is C23H23FN2O2. The molecule has 0 saturated carbocycles. The fourth-order valence-electron chi connectivity index (χ4n) is 2.88. The minimum atomic E-state index is -0.384. The molecule has 0 unspecified atom stereocenters. The average Bonchev–Trinajstić information content (AvgIpc) is 2.66. The number of nitrogens with zero attached hydrogens (tertiary/aromatic N) is 1. The van der Waals surface area contributed by atoms with E-state index >= 15 is 0 Å². The SMILES string of the molecule is CC(C)(C)c1ccc(C(=O)Nc2cccn(Cc3ccccc3F)c2=O)cc1. The molecule has 1 aromatic heterocycles. The van der Waals surface area contributed by atoms with E-state index in [2.05, 4.69) is 26.1 Å². The lowest BCUT2D eigenvalue weighted by Gasteiger charge is -2.19. The maximum Gasteiger partial charge on any atom is 0.274 e. The first kappa shape index (κ1) is 19.5. The molecule has 0 saturated heterocycles. The summed E-state index contributed by atoms with van der Waals surface area (Å²) in [6.07, 6.45) is 1.57. The second-order valence-corrected chi connectivity index (χ2v) is 7.73. The Morgan fingerprint density at radius 1 is 1.00 bits per heavy atom. The van der Waals surface area contributed by atoms with Crippen LogP contribution in [0.25, 0.3) is 0 Å². The smallest absolute Gasteiger partial charge is 0.274 e. The van der Waals surface area contributed by atoms with Gasteiger partial charge in [0.2, 0.25) is 0 Å². The summed E-state index contributed by atoms with van der Waals surface area (Å²) in [6, 6.07) is 16.8. The van der Waals surface area contributed by atoms with Gasteiger partial charge in [0.25, 0.3) is 11.5 Å². The van der Waals surface area contributed by atoms with Gasteiger partial charge in [-0.05, 0) is 41.3 Å². The highest BCUT2D eigenvalue weighted by Gasteiger charge is 2.15. The molecule has 0 fully saturated rings. The van der Waals surface area contributed by atoms with Crippen LogP contribution in [0.4, 0.5) is 10.1 Å². The van der Waals surface area contributed by atoms with Crippen LogP contribution in [0.5, 0.6) is 0 Å². The fourth-order valence-corrected chi connectivity index (χ4v) is 2.88. The van der Waals surface area contributed by atoms with Crippen LogP contribution in [0.1, 0.15) is 42.3 Å². The topological polar surface area (TPSA) is 51.1 Å². The first-order chi connectivity index (χ1) is 13.3. The van der Waals surface area contributed by atoms with E-state index in [-0.39, 0.29) is 34.9 Å². The molecule has 144 valence electrons. The van der Waals surface area contributed by atoms with Crippen molar-refractivity contribution in [3.8, 4) is 0 Å². The minimum Gasteiger partial charge on any atom is -0.317 e. The van der Waals surface area contributed by atoms with Crippen molar-refractivity contribution in [2.24, 2.45) is 0 Å². The molecule has 0 aliphatic carbocycles. The van der Waals surface area contributed by atoms with E-state index in [1.165, 1.54) is 10.6 Å². The molecule has 0 radical (unpaired) electrons. The molecule has 1 amide bonds. The van der Waals surface area contributed by atoms with Crippen molar-refractivity contribution in [3.05, 3.63) is 99.7 Å². The van der Waals surface area contributed by atoms with Crippen molar-refractivity contribution < 1.29 is 9.18 Å². The van der Waals surface area contributed by atoms with Crippen LogP contribution in [-0.4, -0.2) is 10.5 Å². The van der Waals surface area contributed by atoms with Crippen molar-refractivity contribution in [3.63, 3.8) is 0 Å². The van der Waals surface area contributed by atoms with Gasteiger partial charge < -0.3 is 9.88 Å². The van der Waals surface area contributed by atoms with Crippen molar-refractivity contribution >= 4 is 11.6 Å². The van der Waals surface area contributed by atoms with Gasteiger partial charge in [0.1, 0.15) is 11.5 Å². The highest BCUT2D eigenvalue weighted by atomic mass is 19.1. The number of carbonyl (C=O) groups excluding carboxylic acids is 1. The monoisotopic (exact) mass is 378 g/mol. The number of halogens is 1. The highest BCUT2D eigenvalue weighted by Crippen LogP contribution is 2.22. The maximum atomic E-state index is 13.9. The van der Waals surface area contributed by atoms with Crippen LogP contribution in [-0.2, 0) is 12.0 Å². The van der Waals surface area contributed by atoms with E-state index < -0.39 is 0 Å². The highest BCUT2D eigenvalue weighted by molar-refractivity contribution is 6.04. The van der Waals surface area contributed by atoms with Crippen molar-refractivity contribution in [2.45, 2.75) is 32.7 Å². The normalized spacial score (nSPS) is 11.3. The quantitative estimate of drug-likeness (QED) is 0.722. The second kappa shape index (κ2) is 7.80. The number of anilines is 1. The first-order valence-corrected chi connectivity index (χ1v) is 9.10. The Kier molecular flexibility index (Phi) is 5.45. The third-order valence-electron chi connectivity index (χ3n) is 4.58. The lowest BCUT2D eigenvalue weighted by molar-refractivity contribution is 0.102. The molecule has 0 aliphatic rings. The van der Waals surface area contributed by atoms with E-state index in [1.807, 2.05) is 12.1 Å². The molecule has 28 heavy (non-hydrogen) atoms. The van der Waals surface area contributed by atoms with Gasteiger partial charge in [-0.3, -0.25) is 9.59 Å². The van der Waals surface area contributed by atoms with E-state index in [9.17, 15) is 14.0 Å². The molecule has 0 bridgehead atoms. The number of rotatable bonds is 4. The summed E-state index contributed by atoms with van der Waals surface area (Å²) in [7, 11) is 0. The first-order valence-electron chi connectivity index (χ1n) is 9.10. The zero-order valence-corrected chi connectivity index (χ0v) is 16.2. The van der Waals surface area contributed by atoms with Gasteiger partial charge in [-0.15, -0.1) is 0 Å². The van der Waals surface area contributed by atoms with Gasteiger partial charge in [0, 0.05) is 17.3 Å². The van der Waals surface area contributed by atoms with Gasteiger partial charge in [-0.25, -0.2) is 4.39 Å². The molecule has 5 heteroatoms. The van der Waals surface area contributed by atoms with E-state index in [1.54, 1.807) is 48.7 Å². The summed E-state index contributed by atoms with van der Waals surface area (Å²) >= 11 is 0. The second-order valence-electron chi connectivity index (χ2n) is 7.73. The Bertz CT molecular complexity index is 1050. The lowest BCUT2D eigenvalue weighted by Crippen LogP contribution is -2.26. The zero-order valence-electron chi connectivity index (χ0n) is 16.2. The van der Waals surface area contributed by atoms with Crippen molar-refractivity contribution in [1.29, 1.82) is 0 Å². The number of nitrogens with one attached hydrogen (secondary N) is 1. The molecule has 0 spiro atoms. The number of hydrogen-bond acceptors (Lipinski definition) is 2. The molecule has 0 aliphatic heterocycles. The summed E-state index contributed by atoms with van der Waals surface area (Å²) in [6.45, 7) is 6.40. The van der Waals surface area contributed by atoms with E-state index in [4.69, 9.17) is 0 Å². The summed E-state index contributed by atoms with van der Waals surface area (Å²) < 4.78 is 15.2. The number of carbonyl (C=O) groups is 1. The summed E-state index contributed by atoms with van der Waals surface area (Å²) in [5.41, 5.74) is 1.77. The third-order valence-corrected chi connectivity index (χ3v) is 4.58. The fraction of sp³-hybridized carbons (Fsp3) is 0.217. The zero-order chi connectivity index (χ0) is 20.3. The summed E-state index contributed by atoms with van der Waals surface area (Å²) in [5, 5.41) is 2.66. The van der Waals surface area contributed by atoms with Gasteiger partial charge in [-0.1, -0.05) is 51.1 Å². The number of benzene rings is 2. The van der Waals surface area contributed by atoms with Crippen LogP contribution < -0.4 is 10.9 Å². The number of hydrogen-bond donors (Lipinski definition) is 1. The van der Waals surface area contributed by atoms with Crippen LogP contribution in [0, 0.1) is 5.82 Å². The summed E-state index contributed by atoms with van der Waals surface area (Å²) in [4.78, 5) is 25.2. The Morgan fingerprint density at radius 3 is 2.32 bits per heavy atom. The third kappa shape index (κ3) is 4.36. The van der Waals surface area contributed by atoms with Gasteiger partial charge in [0.15, 0.2) is 0 Å². The summed E-state index contributed by atoms with van der Waals surface area (Å²) in [5.74, 6) is -0.732. The van der Waals surface area contributed by atoms with Crippen molar-refractivity contribution in [1.82, 2.24) is 4.57 Å². The Labute approximate surface area is 163 Å². The van der Waals surface area contributed by atoms with E-state index in [0.29, 0.717) is 11.1 Å². The average molecular weight is 378 g/mol.